The molecule has 3 aromatic rings. The van der Waals surface area contributed by atoms with Crippen LogP contribution in [0.5, 0.6) is 0 Å². The number of carbonyl (C=O) groups is 1. The minimum absolute atomic E-state index is 0. The fraction of sp³-hybridized carbons (Fsp3) is 0.391. The fourth-order valence-electron chi connectivity index (χ4n) is 3.24. The summed E-state index contributed by atoms with van der Waals surface area (Å²) in [6.07, 6.45) is 1.84. The van der Waals surface area contributed by atoms with Crippen molar-refractivity contribution in [3.63, 3.8) is 0 Å². The van der Waals surface area contributed by atoms with Gasteiger partial charge in [-0.1, -0.05) is 37.3 Å². The van der Waals surface area contributed by atoms with Crippen molar-refractivity contribution in [2.45, 2.75) is 31.6 Å². The average Bonchev–Trinajstić information content (AvgIpc) is 3.15. The molecule has 1 amide bonds. The number of hydrogen-bond acceptors (Lipinski definition) is 5. The summed E-state index contributed by atoms with van der Waals surface area (Å²) in [6, 6.07) is 14.2. The zero-order valence-corrected chi connectivity index (χ0v) is 20.5. The first-order chi connectivity index (χ1) is 14.0. The number of thiazole rings is 1. The SMILES string of the molecule is CCSc1ccc(C(=O)N(CCCN(C)C)c2nc3c(CC)cccc3s2)cc1.Cl. The molecule has 1 heterocycles. The summed E-state index contributed by atoms with van der Waals surface area (Å²) >= 11 is 3.39. The molecule has 0 radical (unpaired) electrons. The highest BCUT2D eigenvalue weighted by molar-refractivity contribution is 7.99. The maximum atomic E-state index is 13.4. The highest BCUT2D eigenvalue weighted by Gasteiger charge is 2.21. The van der Waals surface area contributed by atoms with E-state index in [0.29, 0.717) is 12.1 Å². The molecule has 0 fully saturated rings. The molecule has 0 aliphatic heterocycles. The maximum absolute atomic E-state index is 13.4. The van der Waals surface area contributed by atoms with Gasteiger partial charge in [0.05, 0.1) is 10.2 Å². The molecule has 0 N–H and O–H groups in total. The second kappa shape index (κ2) is 11.7. The third-order valence-corrected chi connectivity index (χ3v) is 6.69. The van der Waals surface area contributed by atoms with Gasteiger partial charge in [0.25, 0.3) is 5.91 Å². The summed E-state index contributed by atoms with van der Waals surface area (Å²) < 4.78 is 1.14. The maximum Gasteiger partial charge on any atom is 0.260 e. The van der Waals surface area contributed by atoms with E-state index in [4.69, 9.17) is 4.98 Å². The first kappa shape index (κ1) is 24.7. The molecule has 0 unspecified atom stereocenters. The van der Waals surface area contributed by atoms with Crippen LogP contribution in [-0.4, -0.2) is 48.7 Å². The standard InChI is InChI=1S/C23H29N3OS2.ClH/c1-5-17-9-7-10-20-21(17)24-23(29-20)26(16-8-15-25(3)4)22(27)18-11-13-19(14-12-18)28-6-2;/h7,9-14H,5-6,8,15-16H2,1-4H3;1H. The lowest BCUT2D eigenvalue weighted by Crippen LogP contribution is -2.33. The van der Waals surface area contributed by atoms with Gasteiger partial charge in [-0.15, -0.1) is 24.2 Å². The van der Waals surface area contributed by atoms with Gasteiger partial charge in [-0.25, -0.2) is 4.98 Å². The molecule has 3 rings (SSSR count). The molecule has 0 saturated heterocycles. The molecular formula is C23H30ClN3OS2. The van der Waals surface area contributed by atoms with Crippen molar-refractivity contribution in [2.24, 2.45) is 0 Å². The highest BCUT2D eigenvalue weighted by atomic mass is 35.5. The van der Waals surface area contributed by atoms with Crippen molar-refractivity contribution < 1.29 is 4.79 Å². The van der Waals surface area contributed by atoms with Gasteiger partial charge in [0.2, 0.25) is 0 Å². The van der Waals surface area contributed by atoms with Crippen molar-refractivity contribution in [3.05, 3.63) is 53.6 Å². The number of para-hydroxylation sites is 1. The van der Waals surface area contributed by atoms with Crippen LogP contribution in [0.1, 0.15) is 36.2 Å². The number of carbonyl (C=O) groups excluding carboxylic acids is 1. The van der Waals surface area contributed by atoms with Crippen LogP contribution in [0.3, 0.4) is 0 Å². The minimum Gasteiger partial charge on any atom is -0.309 e. The largest absolute Gasteiger partial charge is 0.309 e. The molecular weight excluding hydrogens is 434 g/mol. The van der Waals surface area contributed by atoms with Crippen molar-refractivity contribution >= 4 is 56.8 Å². The van der Waals surface area contributed by atoms with E-state index in [2.05, 4.69) is 51.0 Å². The predicted octanol–water partition coefficient (Wildman–Crippen LogP) is 5.99. The van der Waals surface area contributed by atoms with Crippen molar-refractivity contribution in [2.75, 3.05) is 37.8 Å². The number of nitrogens with zero attached hydrogens (tertiary/aromatic N) is 3. The monoisotopic (exact) mass is 463 g/mol. The Morgan fingerprint density at radius 2 is 1.80 bits per heavy atom. The van der Waals surface area contributed by atoms with E-state index >= 15 is 0 Å². The van der Waals surface area contributed by atoms with Crippen LogP contribution >= 0.6 is 35.5 Å². The molecule has 2 aromatic carbocycles. The van der Waals surface area contributed by atoms with Gasteiger partial charge in [0, 0.05) is 17.0 Å². The van der Waals surface area contributed by atoms with Crippen LogP contribution in [0, 0.1) is 0 Å². The number of aromatic nitrogens is 1. The number of anilines is 1. The van der Waals surface area contributed by atoms with E-state index in [9.17, 15) is 4.79 Å². The van der Waals surface area contributed by atoms with E-state index in [1.165, 1.54) is 10.5 Å². The number of rotatable bonds is 9. The second-order valence-electron chi connectivity index (χ2n) is 7.18. The van der Waals surface area contributed by atoms with Crippen LogP contribution in [0.25, 0.3) is 10.2 Å². The normalized spacial score (nSPS) is 11.0. The summed E-state index contributed by atoms with van der Waals surface area (Å²) in [5.41, 5.74) is 2.96. The molecule has 30 heavy (non-hydrogen) atoms. The Labute approximate surface area is 194 Å². The van der Waals surface area contributed by atoms with Crippen molar-refractivity contribution in [1.29, 1.82) is 0 Å². The lowest BCUT2D eigenvalue weighted by atomic mass is 10.1. The molecule has 162 valence electrons. The van der Waals surface area contributed by atoms with Gasteiger partial charge >= 0.3 is 0 Å². The average molecular weight is 464 g/mol. The number of halogens is 1. The van der Waals surface area contributed by atoms with E-state index in [0.717, 1.165) is 40.5 Å². The zero-order chi connectivity index (χ0) is 20.8. The van der Waals surface area contributed by atoms with Crippen LogP contribution in [0.4, 0.5) is 5.13 Å². The number of hydrogen-bond donors (Lipinski definition) is 0. The first-order valence-corrected chi connectivity index (χ1v) is 11.9. The topological polar surface area (TPSA) is 36.4 Å². The Balaban J connectivity index is 0.00000320. The summed E-state index contributed by atoms with van der Waals surface area (Å²) in [4.78, 5) is 23.5. The fourth-order valence-corrected chi connectivity index (χ4v) is 4.94. The van der Waals surface area contributed by atoms with Gasteiger partial charge in [-0.05, 0) is 75.1 Å². The summed E-state index contributed by atoms with van der Waals surface area (Å²) in [7, 11) is 4.11. The van der Waals surface area contributed by atoms with E-state index in [1.54, 1.807) is 23.1 Å². The van der Waals surface area contributed by atoms with Crippen LogP contribution in [-0.2, 0) is 6.42 Å². The second-order valence-corrected chi connectivity index (χ2v) is 9.53. The van der Waals surface area contributed by atoms with Gasteiger partial charge < -0.3 is 4.90 Å². The van der Waals surface area contributed by atoms with Crippen molar-refractivity contribution in [1.82, 2.24) is 9.88 Å². The summed E-state index contributed by atoms with van der Waals surface area (Å²) in [5, 5.41) is 0.789. The van der Waals surface area contributed by atoms with Gasteiger partial charge in [-0.3, -0.25) is 9.69 Å². The van der Waals surface area contributed by atoms with Gasteiger partial charge in [-0.2, -0.15) is 0 Å². The third kappa shape index (κ3) is 5.97. The van der Waals surface area contributed by atoms with Crippen LogP contribution in [0.15, 0.2) is 47.4 Å². The Bertz CT molecular complexity index is 957. The van der Waals surface area contributed by atoms with Gasteiger partial charge in [0.1, 0.15) is 0 Å². The lowest BCUT2D eigenvalue weighted by molar-refractivity contribution is 0.0986. The zero-order valence-electron chi connectivity index (χ0n) is 18.1. The van der Waals surface area contributed by atoms with Crippen molar-refractivity contribution in [3.8, 4) is 0 Å². The molecule has 0 saturated carbocycles. The van der Waals surface area contributed by atoms with E-state index < -0.39 is 0 Å². The Morgan fingerprint density at radius 3 is 2.43 bits per heavy atom. The molecule has 4 nitrogen and oxygen atoms in total. The lowest BCUT2D eigenvalue weighted by Gasteiger charge is -2.21. The van der Waals surface area contributed by atoms with E-state index in [1.807, 2.05) is 29.2 Å². The number of thioether (sulfide) groups is 1. The van der Waals surface area contributed by atoms with E-state index in [-0.39, 0.29) is 18.3 Å². The van der Waals surface area contributed by atoms with Crippen LogP contribution in [0.2, 0.25) is 0 Å². The van der Waals surface area contributed by atoms with Gasteiger partial charge in [0.15, 0.2) is 5.13 Å². The number of benzene rings is 2. The first-order valence-electron chi connectivity index (χ1n) is 10.1. The number of amides is 1. The molecule has 0 bridgehead atoms. The minimum atomic E-state index is 0. The number of fused-ring (bicyclic) bond motifs is 1. The Morgan fingerprint density at radius 1 is 1.07 bits per heavy atom. The predicted molar refractivity (Wildman–Crippen MR) is 134 cm³/mol. The Kier molecular flexibility index (Phi) is 9.62. The highest BCUT2D eigenvalue weighted by Crippen LogP contribution is 2.32. The smallest absolute Gasteiger partial charge is 0.260 e. The van der Waals surface area contributed by atoms with Crippen LogP contribution < -0.4 is 4.90 Å². The Hall–Kier alpha value is -1.60. The molecule has 0 aliphatic rings. The number of aryl methyl sites for hydroxylation is 1. The molecule has 0 aliphatic carbocycles. The third-order valence-electron chi connectivity index (χ3n) is 4.75. The molecule has 1 aromatic heterocycles. The molecule has 7 heteroatoms. The molecule has 0 spiro atoms. The quantitative estimate of drug-likeness (QED) is 0.365. The summed E-state index contributed by atoms with van der Waals surface area (Å²) in [6.45, 7) is 5.86. The molecule has 0 atom stereocenters. The summed E-state index contributed by atoms with van der Waals surface area (Å²) in [5.74, 6) is 1.05.